The number of methoxy groups -OCH3 is 3. The van der Waals surface area contributed by atoms with Gasteiger partial charge in [0.05, 0.1) is 27.0 Å². The van der Waals surface area contributed by atoms with Gasteiger partial charge in [0.25, 0.3) is 0 Å². The zero-order chi connectivity index (χ0) is 16.1. The van der Waals surface area contributed by atoms with E-state index < -0.39 is 0 Å². The Bertz CT molecular complexity index is 668. The van der Waals surface area contributed by atoms with Crippen LogP contribution in [-0.4, -0.2) is 21.3 Å². The van der Waals surface area contributed by atoms with Gasteiger partial charge in [-0.3, -0.25) is 0 Å². The predicted octanol–water partition coefficient (Wildman–Crippen LogP) is 3.77. The zero-order valence-electron chi connectivity index (χ0n) is 13.3. The van der Waals surface area contributed by atoms with Gasteiger partial charge in [-0.15, -0.1) is 0 Å². The maximum Gasteiger partial charge on any atom is 0.141 e. The van der Waals surface area contributed by atoms with Crippen molar-refractivity contribution in [1.82, 2.24) is 0 Å². The van der Waals surface area contributed by atoms with E-state index in [2.05, 4.69) is 0 Å². The SMILES string of the molecule is COc1ccc(/C=C\c2cc(OC)c(C)c(OC)c2)cc1N. The first-order valence-corrected chi connectivity index (χ1v) is 6.93. The van der Waals surface area contributed by atoms with Gasteiger partial charge in [-0.2, -0.15) is 0 Å². The summed E-state index contributed by atoms with van der Waals surface area (Å²) in [5.74, 6) is 2.28. The molecule has 0 heterocycles. The van der Waals surface area contributed by atoms with Crippen molar-refractivity contribution in [2.24, 2.45) is 0 Å². The monoisotopic (exact) mass is 299 g/mol. The van der Waals surface area contributed by atoms with Crippen LogP contribution in [0.25, 0.3) is 12.2 Å². The minimum atomic E-state index is 0.615. The minimum absolute atomic E-state index is 0.615. The average Bonchev–Trinajstić information content (AvgIpc) is 2.54. The lowest BCUT2D eigenvalue weighted by Crippen LogP contribution is -1.93. The highest BCUT2D eigenvalue weighted by atomic mass is 16.5. The number of hydrogen-bond acceptors (Lipinski definition) is 4. The lowest BCUT2D eigenvalue weighted by molar-refractivity contribution is 0.388. The van der Waals surface area contributed by atoms with Crippen molar-refractivity contribution >= 4 is 17.8 Å². The molecular weight excluding hydrogens is 278 g/mol. The van der Waals surface area contributed by atoms with Crippen LogP contribution >= 0.6 is 0 Å². The van der Waals surface area contributed by atoms with E-state index in [1.54, 1.807) is 21.3 Å². The van der Waals surface area contributed by atoms with Crippen molar-refractivity contribution in [2.45, 2.75) is 6.92 Å². The predicted molar refractivity (Wildman–Crippen MR) is 90.6 cm³/mol. The van der Waals surface area contributed by atoms with Gasteiger partial charge in [0, 0.05) is 5.56 Å². The molecule has 0 fully saturated rings. The molecule has 2 aromatic rings. The third kappa shape index (κ3) is 3.34. The summed E-state index contributed by atoms with van der Waals surface area (Å²) in [5.41, 5.74) is 9.50. The molecule has 0 aliphatic rings. The molecule has 0 atom stereocenters. The van der Waals surface area contributed by atoms with Crippen molar-refractivity contribution in [3.63, 3.8) is 0 Å². The molecule has 2 rings (SSSR count). The Labute approximate surface area is 131 Å². The molecule has 0 radical (unpaired) electrons. The van der Waals surface area contributed by atoms with Gasteiger partial charge in [0.2, 0.25) is 0 Å². The van der Waals surface area contributed by atoms with Crippen molar-refractivity contribution in [2.75, 3.05) is 27.1 Å². The summed E-state index contributed by atoms with van der Waals surface area (Å²) >= 11 is 0. The second-order valence-corrected chi connectivity index (χ2v) is 4.89. The van der Waals surface area contributed by atoms with E-state index >= 15 is 0 Å². The largest absolute Gasteiger partial charge is 0.496 e. The molecule has 2 aromatic carbocycles. The summed E-state index contributed by atoms with van der Waals surface area (Å²) in [6.07, 6.45) is 3.98. The fraction of sp³-hybridized carbons (Fsp3) is 0.222. The summed E-state index contributed by atoms with van der Waals surface area (Å²) in [5, 5.41) is 0. The highest BCUT2D eigenvalue weighted by Gasteiger charge is 2.07. The Balaban J connectivity index is 2.31. The number of nitrogens with two attached hydrogens (primary N) is 1. The lowest BCUT2D eigenvalue weighted by atomic mass is 10.1. The van der Waals surface area contributed by atoms with Crippen LogP contribution in [0.4, 0.5) is 5.69 Å². The van der Waals surface area contributed by atoms with Crippen molar-refractivity contribution < 1.29 is 14.2 Å². The maximum atomic E-state index is 5.91. The van der Waals surface area contributed by atoms with Gasteiger partial charge in [-0.25, -0.2) is 0 Å². The minimum Gasteiger partial charge on any atom is -0.496 e. The molecule has 0 saturated carbocycles. The van der Waals surface area contributed by atoms with Gasteiger partial charge in [0.1, 0.15) is 17.2 Å². The zero-order valence-corrected chi connectivity index (χ0v) is 13.3. The van der Waals surface area contributed by atoms with Crippen LogP contribution in [0, 0.1) is 6.92 Å². The number of ether oxygens (including phenoxy) is 3. The Hall–Kier alpha value is -2.62. The molecule has 0 unspecified atom stereocenters. The highest BCUT2D eigenvalue weighted by Crippen LogP contribution is 2.30. The first-order valence-electron chi connectivity index (χ1n) is 6.93. The highest BCUT2D eigenvalue weighted by molar-refractivity contribution is 5.74. The average molecular weight is 299 g/mol. The Morgan fingerprint density at radius 1 is 0.773 bits per heavy atom. The van der Waals surface area contributed by atoms with Crippen molar-refractivity contribution in [3.8, 4) is 17.2 Å². The third-order valence-corrected chi connectivity index (χ3v) is 3.50. The van der Waals surface area contributed by atoms with Crippen LogP contribution in [0.5, 0.6) is 17.2 Å². The molecule has 2 N–H and O–H groups in total. The van der Waals surface area contributed by atoms with Crippen LogP contribution in [0.1, 0.15) is 16.7 Å². The number of benzene rings is 2. The summed E-state index contributed by atoms with van der Waals surface area (Å²) < 4.78 is 15.9. The first kappa shape index (κ1) is 15.8. The summed E-state index contributed by atoms with van der Waals surface area (Å²) in [6.45, 7) is 1.97. The molecular formula is C18H21NO3. The second kappa shape index (κ2) is 6.89. The van der Waals surface area contributed by atoms with Crippen LogP contribution < -0.4 is 19.9 Å². The molecule has 0 saturated heterocycles. The van der Waals surface area contributed by atoms with E-state index in [1.807, 2.05) is 49.4 Å². The van der Waals surface area contributed by atoms with Crippen LogP contribution in [0.3, 0.4) is 0 Å². The fourth-order valence-corrected chi connectivity index (χ4v) is 2.25. The van der Waals surface area contributed by atoms with E-state index in [1.165, 1.54) is 0 Å². The summed E-state index contributed by atoms with van der Waals surface area (Å²) in [4.78, 5) is 0. The van der Waals surface area contributed by atoms with Crippen LogP contribution in [0.15, 0.2) is 30.3 Å². The quantitative estimate of drug-likeness (QED) is 0.674. The second-order valence-electron chi connectivity index (χ2n) is 4.89. The molecule has 0 aromatic heterocycles. The van der Waals surface area contributed by atoms with Gasteiger partial charge in [0.15, 0.2) is 0 Å². The Morgan fingerprint density at radius 2 is 1.32 bits per heavy atom. The van der Waals surface area contributed by atoms with Crippen LogP contribution in [-0.2, 0) is 0 Å². The van der Waals surface area contributed by atoms with Crippen LogP contribution in [0.2, 0.25) is 0 Å². The topological polar surface area (TPSA) is 53.7 Å². The number of hydrogen-bond donors (Lipinski definition) is 1. The Morgan fingerprint density at radius 3 is 1.82 bits per heavy atom. The smallest absolute Gasteiger partial charge is 0.141 e. The summed E-state index contributed by atoms with van der Waals surface area (Å²) in [7, 11) is 4.91. The normalized spacial score (nSPS) is 10.7. The van der Waals surface area contributed by atoms with Gasteiger partial charge in [-0.1, -0.05) is 18.2 Å². The molecule has 22 heavy (non-hydrogen) atoms. The molecule has 4 nitrogen and oxygen atoms in total. The number of anilines is 1. The van der Waals surface area contributed by atoms with E-state index in [-0.39, 0.29) is 0 Å². The van der Waals surface area contributed by atoms with Gasteiger partial charge < -0.3 is 19.9 Å². The van der Waals surface area contributed by atoms with E-state index in [0.29, 0.717) is 11.4 Å². The number of rotatable bonds is 5. The molecule has 4 heteroatoms. The molecule has 0 aliphatic carbocycles. The van der Waals surface area contributed by atoms with Crippen molar-refractivity contribution in [1.29, 1.82) is 0 Å². The lowest BCUT2D eigenvalue weighted by Gasteiger charge is -2.11. The van der Waals surface area contributed by atoms with E-state index in [0.717, 1.165) is 28.2 Å². The molecule has 0 aliphatic heterocycles. The third-order valence-electron chi connectivity index (χ3n) is 3.50. The van der Waals surface area contributed by atoms with E-state index in [4.69, 9.17) is 19.9 Å². The molecule has 0 spiro atoms. The van der Waals surface area contributed by atoms with Gasteiger partial charge >= 0.3 is 0 Å². The Kier molecular flexibility index (Phi) is 4.94. The molecule has 116 valence electrons. The fourth-order valence-electron chi connectivity index (χ4n) is 2.25. The number of nitrogen functional groups attached to an aromatic ring is 1. The standard InChI is InChI=1S/C18H21NO3/c1-12-17(21-3)10-14(11-18(12)22-4)6-5-13-7-8-16(20-2)15(19)9-13/h5-11H,19H2,1-4H3/b6-5-. The van der Waals surface area contributed by atoms with E-state index in [9.17, 15) is 0 Å². The van der Waals surface area contributed by atoms with Crippen molar-refractivity contribution in [3.05, 3.63) is 47.0 Å². The maximum absolute atomic E-state index is 5.91. The van der Waals surface area contributed by atoms with Gasteiger partial charge in [-0.05, 0) is 42.3 Å². The molecule has 0 amide bonds. The molecule has 0 bridgehead atoms. The summed E-state index contributed by atoms with van der Waals surface area (Å²) in [6, 6.07) is 9.63. The first-order chi connectivity index (χ1) is 10.6.